The zero-order valence-electron chi connectivity index (χ0n) is 11.7. The SMILES string of the molecule is CC[C@]1(C(F)F)CN2CC[C@@H](c3cccc(F)c3)N2C1=O. The molecule has 1 aromatic rings. The van der Waals surface area contributed by atoms with E-state index in [4.69, 9.17) is 0 Å². The van der Waals surface area contributed by atoms with Gasteiger partial charge in [-0.3, -0.25) is 9.80 Å². The molecule has 2 aliphatic rings. The van der Waals surface area contributed by atoms with Gasteiger partial charge in [-0.15, -0.1) is 0 Å². The van der Waals surface area contributed by atoms with Gasteiger partial charge in [-0.1, -0.05) is 19.1 Å². The number of carbonyl (C=O) groups is 1. The van der Waals surface area contributed by atoms with Gasteiger partial charge in [-0.05, 0) is 30.5 Å². The fraction of sp³-hybridized carbons (Fsp3) is 0.533. The van der Waals surface area contributed by atoms with Gasteiger partial charge in [-0.2, -0.15) is 0 Å². The van der Waals surface area contributed by atoms with Gasteiger partial charge in [0.25, 0.3) is 12.3 Å². The van der Waals surface area contributed by atoms with E-state index in [-0.39, 0.29) is 24.8 Å². The maximum atomic E-state index is 13.4. The quantitative estimate of drug-likeness (QED) is 0.856. The van der Waals surface area contributed by atoms with Crippen LogP contribution in [0.15, 0.2) is 24.3 Å². The Bertz CT molecular complexity index is 566. The summed E-state index contributed by atoms with van der Waals surface area (Å²) in [6.07, 6.45) is -1.95. The number of carbonyl (C=O) groups excluding carboxylic acids is 1. The van der Waals surface area contributed by atoms with Crippen LogP contribution in [0.3, 0.4) is 0 Å². The van der Waals surface area contributed by atoms with Gasteiger partial charge in [0.15, 0.2) is 0 Å². The van der Waals surface area contributed by atoms with E-state index < -0.39 is 17.7 Å². The monoisotopic (exact) mass is 298 g/mol. The fourth-order valence-corrected chi connectivity index (χ4v) is 3.35. The molecular weight excluding hydrogens is 281 g/mol. The summed E-state index contributed by atoms with van der Waals surface area (Å²) in [6.45, 7) is 2.21. The lowest BCUT2D eigenvalue weighted by atomic mass is 9.84. The average Bonchev–Trinajstić information content (AvgIpc) is 2.98. The summed E-state index contributed by atoms with van der Waals surface area (Å²) in [5.41, 5.74) is -0.960. The Hall–Kier alpha value is -1.56. The molecule has 3 nitrogen and oxygen atoms in total. The third kappa shape index (κ3) is 2.04. The number of rotatable bonds is 3. The van der Waals surface area contributed by atoms with Gasteiger partial charge in [0.1, 0.15) is 11.2 Å². The van der Waals surface area contributed by atoms with Crippen LogP contribution in [0.4, 0.5) is 13.2 Å². The average molecular weight is 298 g/mol. The van der Waals surface area contributed by atoms with Crippen molar-refractivity contribution in [1.29, 1.82) is 0 Å². The highest BCUT2D eigenvalue weighted by molar-refractivity contribution is 5.85. The highest BCUT2D eigenvalue weighted by Gasteiger charge is 2.59. The van der Waals surface area contributed by atoms with Crippen LogP contribution in [0.5, 0.6) is 0 Å². The summed E-state index contributed by atoms with van der Waals surface area (Å²) >= 11 is 0. The molecule has 114 valence electrons. The number of amides is 1. The summed E-state index contributed by atoms with van der Waals surface area (Å²) in [4.78, 5) is 12.6. The molecule has 0 radical (unpaired) electrons. The summed E-state index contributed by atoms with van der Waals surface area (Å²) in [5, 5.41) is 3.11. The first-order valence-electron chi connectivity index (χ1n) is 7.11. The number of fused-ring (bicyclic) bond motifs is 1. The Kier molecular flexibility index (Phi) is 3.43. The molecule has 0 unspecified atom stereocenters. The van der Waals surface area contributed by atoms with E-state index in [9.17, 15) is 18.0 Å². The summed E-state index contributed by atoms with van der Waals surface area (Å²) < 4.78 is 40.2. The van der Waals surface area contributed by atoms with Crippen LogP contribution >= 0.6 is 0 Å². The van der Waals surface area contributed by atoms with E-state index in [0.717, 1.165) is 0 Å². The van der Waals surface area contributed by atoms with Crippen molar-refractivity contribution >= 4 is 5.91 Å². The number of benzene rings is 1. The van der Waals surface area contributed by atoms with Gasteiger partial charge in [0.2, 0.25) is 0 Å². The predicted octanol–water partition coefficient (Wildman–Crippen LogP) is 2.99. The number of hydrogen-bond donors (Lipinski definition) is 0. The first-order chi connectivity index (χ1) is 9.99. The molecule has 0 saturated carbocycles. The molecular formula is C15H17F3N2O. The lowest BCUT2D eigenvalue weighted by molar-refractivity contribution is -0.148. The van der Waals surface area contributed by atoms with Gasteiger partial charge < -0.3 is 0 Å². The van der Waals surface area contributed by atoms with Crippen molar-refractivity contribution in [2.45, 2.75) is 32.2 Å². The third-order valence-electron chi connectivity index (χ3n) is 4.64. The van der Waals surface area contributed by atoms with Crippen molar-refractivity contribution in [2.24, 2.45) is 5.41 Å². The second-order valence-electron chi connectivity index (χ2n) is 5.71. The molecule has 2 aliphatic heterocycles. The zero-order valence-corrected chi connectivity index (χ0v) is 11.7. The van der Waals surface area contributed by atoms with Crippen LogP contribution in [-0.4, -0.2) is 35.4 Å². The van der Waals surface area contributed by atoms with E-state index in [1.165, 1.54) is 17.1 Å². The van der Waals surface area contributed by atoms with E-state index in [1.807, 2.05) is 0 Å². The van der Waals surface area contributed by atoms with Crippen molar-refractivity contribution in [1.82, 2.24) is 10.0 Å². The zero-order chi connectivity index (χ0) is 15.2. The van der Waals surface area contributed by atoms with Gasteiger partial charge in [0, 0.05) is 13.1 Å². The summed E-state index contributed by atoms with van der Waals surface area (Å²) in [6, 6.07) is 5.67. The predicted molar refractivity (Wildman–Crippen MR) is 70.9 cm³/mol. The molecule has 21 heavy (non-hydrogen) atoms. The van der Waals surface area contributed by atoms with Crippen LogP contribution in [0.25, 0.3) is 0 Å². The molecule has 3 rings (SSSR count). The minimum atomic E-state index is -2.69. The molecule has 0 aliphatic carbocycles. The minimum Gasteiger partial charge on any atom is -0.272 e. The van der Waals surface area contributed by atoms with Gasteiger partial charge >= 0.3 is 0 Å². The number of hydrazine groups is 1. The number of halogens is 3. The Morgan fingerprint density at radius 3 is 2.81 bits per heavy atom. The molecule has 0 spiro atoms. The highest BCUT2D eigenvalue weighted by Crippen LogP contribution is 2.46. The van der Waals surface area contributed by atoms with Crippen molar-refractivity contribution in [3.05, 3.63) is 35.6 Å². The molecule has 6 heteroatoms. The molecule has 0 aromatic heterocycles. The second-order valence-corrected chi connectivity index (χ2v) is 5.71. The second kappa shape index (κ2) is 5.02. The normalized spacial score (nSPS) is 29.5. The van der Waals surface area contributed by atoms with Crippen LogP contribution < -0.4 is 0 Å². The lowest BCUT2D eigenvalue weighted by Gasteiger charge is -2.27. The number of nitrogens with zero attached hydrogens (tertiary/aromatic N) is 2. The van der Waals surface area contributed by atoms with Crippen molar-refractivity contribution in [3.8, 4) is 0 Å². The van der Waals surface area contributed by atoms with Crippen LogP contribution in [0.1, 0.15) is 31.4 Å². The van der Waals surface area contributed by atoms with Gasteiger partial charge in [-0.25, -0.2) is 18.2 Å². The Labute approximate surface area is 121 Å². The molecule has 2 atom stereocenters. The van der Waals surface area contributed by atoms with Crippen molar-refractivity contribution < 1.29 is 18.0 Å². The third-order valence-corrected chi connectivity index (χ3v) is 4.64. The molecule has 1 amide bonds. The topological polar surface area (TPSA) is 23.6 Å². The van der Waals surface area contributed by atoms with Gasteiger partial charge in [0.05, 0.1) is 6.04 Å². The number of alkyl halides is 2. The molecule has 0 bridgehead atoms. The highest BCUT2D eigenvalue weighted by atomic mass is 19.3. The van der Waals surface area contributed by atoms with Crippen molar-refractivity contribution in [3.63, 3.8) is 0 Å². The summed E-state index contributed by atoms with van der Waals surface area (Å²) in [7, 11) is 0. The van der Waals surface area contributed by atoms with Crippen LogP contribution in [-0.2, 0) is 4.79 Å². The molecule has 2 fully saturated rings. The van der Waals surface area contributed by atoms with E-state index in [1.54, 1.807) is 24.1 Å². The van der Waals surface area contributed by atoms with E-state index in [2.05, 4.69) is 0 Å². The maximum Gasteiger partial charge on any atom is 0.254 e. The van der Waals surface area contributed by atoms with E-state index >= 15 is 0 Å². The first-order valence-corrected chi connectivity index (χ1v) is 7.11. The molecule has 2 saturated heterocycles. The van der Waals surface area contributed by atoms with Crippen LogP contribution in [0, 0.1) is 11.2 Å². The van der Waals surface area contributed by atoms with Crippen molar-refractivity contribution in [2.75, 3.05) is 13.1 Å². The Morgan fingerprint density at radius 1 is 1.43 bits per heavy atom. The maximum absolute atomic E-state index is 13.4. The fourth-order valence-electron chi connectivity index (χ4n) is 3.35. The smallest absolute Gasteiger partial charge is 0.254 e. The Balaban J connectivity index is 1.94. The minimum absolute atomic E-state index is 0.0474. The summed E-state index contributed by atoms with van der Waals surface area (Å²) in [5.74, 6) is -0.917. The van der Waals surface area contributed by atoms with E-state index in [0.29, 0.717) is 18.5 Å². The molecule has 1 aromatic carbocycles. The largest absolute Gasteiger partial charge is 0.272 e. The lowest BCUT2D eigenvalue weighted by Crippen LogP contribution is -2.41. The molecule has 0 N–H and O–H groups in total. The Morgan fingerprint density at radius 2 is 2.19 bits per heavy atom. The first kappa shape index (κ1) is 14.4. The molecule has 2 heterocycles. The standard InChI is InChI=1S/C15H17F3N2O/c1-2-15(13(17)18)9-19-7-6-12(20(19)14(15)21)10-4-3-5-11(16)8-10/h3-5,8,12-13H,2,6-7,9H2,1H3/t12-,15+/m0/s1. The van der Waals surface area contributed by atoms with Crippen LogP contribution in [0.2, 0.25) is 0 Å². The number of hydrogen-bond acceptors (Lipinski definition) is 2.